The number of Topliss-reactive ketones (excluding diaryl/α,β-unsaturated/α-hetero) is 1. The molecule has 178 valence electrons. The van der Waals surface area contributed by atoms with Gasteiger partial charge < -0.3 is 19.8 Å². The van der Waals surface area contributed by atoms with E-state index in [1.807, 2.05) is 0 Å². The first kappa shape index (κ1) is 24.4. The predicted molar refractivity (Wildman–Crippen MR) is 121 cm³/mol. The number of carboxylic acids is 1. The van der Waals surface area contributed by atoms with Gasteiger partial charge in [-0.2, -0.15) is 0 Å². The maximum atomic E-state index is 13.0. The Hall–Kier alpha value is -4.21. The molecule has 1 aliphatic heterocycles. The number of aliphatic hydroxyl groups is 1. The fraction of sp³-hybridized carbons (Fsp3) is 0.292. The van der Waals surface area contributed by atoms with Gasteiger partial charge in [-0.1, -0.05) is 18.6 Å². The first-order valence-corrected chi connectivity index (χ1v) is 10.6. The summed E-state index contributed by atoms with van der Waals surface area (Å²) in [6.45, 7) is 0.192. The number of non-ortho nitro benzene ring substituents is 1. The highest BCUT2D eigenvalue weighted by molar-refractivity contribution is 6.46. The molecular weight excluding hydrogens is 444 g/mol. The number of aliphatic carboxylic acids is 1. The summed E-state index contributed by atoms with van der Waals surface area (Å²) < 4.78 is 5.17. The highest BCUT2D eigenvalue weighted by Gasteiger charge is 2.45. The lowest BCUT2D eigenvalue weighted by Crippen LogP contribution is -2.30. The average Bonchev–Trinajstić information content (AvgIpc) is 3.08. The number of nitrogens with zero attached hydrogens (tertiary/aromatic N) is 2. The van der Waals surface area contributed by atoms with Crippen molar-refractivity contribution in [1.82, 2.24) is 4.90 Å². The van der Waals surface area contributed by atoms with Crippen LogP contribution in [0.5, 0.6) is 5.75 Å². The van der Waals surface area contributed by atoms with E-state index in [9.17, 15) is 29.6 Å². The molecule has 3 rings (SSSR count). The van der Waals surface area contributed by atoms with Crippen molar-refractivity contribution in [2.24, 2.45) is 0 Å². The van der Waals surface area contributed by atoms with Crippen LogP contribution in [0.1, 0.15) is 42.9 Å². The van der Waals surface area contributed by atoms with E-state index >= 15 is 0 Å². The number of likely N-dealkylation sites (tertiary alicyclic amines) is 1. The van der Waals surface area contributed by atoms with E-state index in [0.717, 1.165) is 0 Å². The van der Waals surface area contributed by atoms with Crippen molar-refractivity contribution in [1.29, 1.82) is 0 Å². The van der Waals surface area contributed by atoms with Crippen molar-refractivity contribution in [3.63, 3.8) is 0 Å². The molecule has 0 aromatic heterocycles. The predicted octanol–water partition coefficient (Wildman–Crippen LogP) is 3.67. The molecule has 2 aromatic carbocycles. The van der Waals surface area contributed by atoms with Crippen LogP contribution in [-0.4, -0.2) is 51.4 Å². The number of ketones is 1. The Balaban J connectivity index is 1.98. The Morgan fingerprint density at radius 2 is 1.68 bits per heavy atom. The summed E-state index contributed by atoms with van der Waals surface area (Å²) in [5.74, 6) is -2.39. The Bertz CT molecular complexity index is 1120. The standard InChI is InChI=1S/C24H24N2O8/c1-34-18-12-8-15(9-13-18)21-20(22(29)16-6-10-17(11-7-16)26(32)33)23(30)24(31)25(21)14-4-2-3-5-19(27)28/h6-13,21,29H,2-5,14H2,1H3,(H,27,28)/t21-/m1/s1. The molecule has 0 spiro atoms. The number of unbranched alkanes of at least 4 members (excludes halogenated alkanes) is 2. The van der Waals surface area contributed by atoms with Gasteiger partial charge in [0.25, 0.3) is 17.4 Å². The van der Waals surface area contributed by atoms with Gasteiger partial charge in [0.1, 0.15) is 11.5 Å². The van der Waals surface area contributed by atoms with Gasteiger partial charge in [-0.05, 0) is 42.7 Å². The normalized spacial score (nSPS) is 17.1. The molecule has 1 aliphatic rings. The van der Waals surface area contributed by atoms with Crippen molar-refractivity contribution < 1.29 is 34.3 Å². The van der Waals surface area contributed by atoms with Crippen LogP contribution in [0.25, 0.3) is 5.76 Å². The minimum Gasteiger partial charge on any atom is -0.507 e. The number of carbonyl (C=O) groups excluding carboxylic acids is 2. The van der Waals surface area contributed by atoms with Crippen LogP contribution in [0.2, 0.25) is 0 Å². The number of benzene rings is 2. The molecular formula is C24H24N2O8. The van der Waals surface area contributed by atoms with E-state index in [0.29, 0.717) is 30.6 Å². The minimum atomic E-state index is -0.901. The monoisotopic (exact) mass is 468 g/mol. The topological polar surface area (TPSA) is 147 Å². The zero-order valence-corrected chi connectivity index (χ0v) is 18.5. The SMILES string of the molecule is COc1ccc([C@@H]2C(=C(O)c3ccc([N+](=O)[O-])cc3)C(=O)C(=O)N2CCCCCC(=O)O)cc1. The van der Waals surface area contributed by atoms with Crippen LogP contribution in [0, 0.1) is 10.1 Å². The number of nitro groups is 1. The summed E-state index contributed by atoms with van der Waals surface area (Å²) in [6.07, 6.45) is 1.48. The summed E-state index contributed by atoms with van der Waals surface area (Å²) >= 11 is 0. The van der Waals surface area contributed by atoms with Gasteiger partial charge in [0.05, 0.1) is 23.6 Å². The maximum absolute atomic E-state index is 13.0. The van der Waals surface area contributed by atoms with Gasteiger partial charge in [0.2, 0.25) is 0 Å². The van der Waals surface area contributed by atoms with E-state index in [2.05, 4.69) is 0 Å². The molecule has 10 nitrogen and oxygen atoms in total. The molecule has 1 saturated heterocycles. The van der Waals surface area contributed by atoms with Crippen LogP contribution >= 0.6 is 0 Å². The maximum Gasteiger partial charge on any atom is 0.303 e. The van der Waals surface area contributed by atoms with E-state index in [-0.39, 0.29) is 29.8 Å². The molecule has 2 aromatic rings. The van der Waals surface area contributed by atoms with Crippen LogP contribution in [0.4, 0.5) is 5.69 Å². The lowest BCUT2D eigenvalue weighted by Gasteiger charge is -2.25. The molecule has 34 heavy (non-hydrogen) atoms. The Kier molecular flexibility index (Phi) is 7.62. The molecule has 2 N–H and O–H groups in total. The van der Waals surface area contributed by atoms with E-state index < -0.39 is 34.4 Å². The lowest BCUT2D eigenvalue weighted by atomic mass is 9.95. The number of methoxy groups -OCH3 is 1. The van der Waals surface area contributed by atoms with Gasteiger partial charge >= 0.3 is 5.97 Å². The molecule has 1 atom stereocenters. The summed E-state index contributed by atoms with van der Waals surface area (Å²) in [4.78, 5) is 48.3. The van der Waals surface area contributed by atoms with Crippen LogP contribution in [-0.2, 0) is 14.4 Å². The summed E-state index contributed by atoms with van der Waals surface area (Å²) in [7, 11) is 1.51. The molecule has 0 saturated carbocycles. The van der Waals surface area contributed by atoms with Crippen molar-refractivity contribution >= 4 is 29.1 Å². The average molecular weight is 468 g/mol. The summed E-state index contributed by atoms with van der Waals surface area (Å²) in [6, 6.07) is 10.9. The van der Waals surface area contributed by atoms with Gasteiger partial charge in [-0.25, -0.2) is 0 Å². The third kappa shape index (κ3) is 5.22. The number of rotatable bonds is 10. The van der Waals surface area contributed by atoms with Gasteiger partial charge in [-0.3, -0.25) is 24.5 Å². The van der Waals surface area contributed by atoms with Crippen LogP contribution < -0.4 is 4.74 Å². The number of ether oxygens (including phenoxy) is 1. The number of hydrogen-bond donors (Lipinski definition) is 2. The number of carbonyl (C=O) groups is 3. The molecule has 0 unspecified atom stereocenters. The fourth-order valence-corrected chi connectivity index (χ4v) is 3.88. The van der Waals surface area contributed by atoms with Crippen molar-refractivity contribution in [3.8, 4) is 5.75 Å². The van der Waals surface area contributed by atoms with Crippen molar-refractivity contribution in [2.45, 2.75) is 31.7 Å². The van der Waals surface area contributed by atoms with Crippen LogP contribution in [0.15, 0.2) is 54.1 Å². The number of amides is 1. The minimum absolute atomic E-state index is 0.0148. The van der Waals surface area contributed by atoms with E-state index in [1.165, 1.54) is 36.3 Å². The third-order valence-electron chi connectivity index (χ3n) is 5.61. The summed E-state index contributed by atoms with van der Waals surface area (Å²) in [5, 5.41) is 30.7. The largest absolute Gasteiger partial charge is 0.507 e. The Labute approximate surface area is 195 Å². The molecule has 1 fully saturated rings. The Morgan fingerprint density at radius 1 is 1.03 bits per heavy atom. The molecule has 0 radical (unpaired) electrons. The zero-order valence-electron chi connectivity index (χ0n) is 18.5. The van der Waals surface area contributed by atoms with Crippen molar-refractivity contribution in [2.75, 3.05) is 13.7 Å². The van der Waals surface area contributed by atoms with Crippen molar-refractivity contribution in [3.05, 3.63) is 75.3 Å². The second-order valence-corrected chi connectivity index (χ2v) is 7.77. The number of aliphatic hydroxyl groups excluding tert-OH is 1. The highest BCUT2D eigenvalue weighted by Crippen LogP contribution is 2.40. The fourth-order valence-electron chi connectivity index (χ4n) is 3.88. The smallest absolute Gasteiger partial charge is 0.303 e. The molecule has 0 bridgehead atoms. The number of hydrogen-bond acceptors (Lipinski definition) is 7. The number of nitro benzene ring substituents is 1. The zero-order chi connectivity index (χ0) is 24.8. The van der Waals surface area contributed by atoms with E-state index in [4.69, 9.17) is 9.84 Å². The first-order valence-electron chi connectivity index (χ1n) is 10.6. The lowest BCUT2D eigenvalue weighted by molar-refractivity contribution is -0.384. The van der Waals surface area contributed by atoms with E-state index in [1.54, 1.807) is 24.3 Å². The Morgan fingerprint density at radius 3 is 2.24 bits per heavy atom. The molecule has 1 heterocycles. The molecule has 1 amide bonds. The van der Waals surface area contributed by atoms with Gasteiger partial charge in [-0.15, -0.1) is 0 Å². The van der Waals surface area contributed by atoms with Gasteiger partial charge in [0.15, 0.2) is 0 Å². The molecule has 0 aliphatic carbocycles. The highest BCUT2D eigenvalue weighted by atomic mass is 16.6. The van der Waals surface area contributed by atoms with Gasteiger partial charge in [0, 0.05) is 30.7 Å². The number of carboxylic acid groups (broad SMARTS) is 1. The molecule has 10 heteroatoms. The summed E-state index contributed by atoms with van der Waals surface area (Å²) in [5.41, 5.74) is 0.456. The second-order valence-electron chi connectivity index (χ2n) is 7.77. The third-order valence-corrected chi connectivity index (χ3v) is 5.61. The quantitative estimate of drug-likeness (QED) is 0.134. The van der Waals surface area contributed by atoms with Crippen LogP contribution in [0.3, 0.4) is 0 Å². The first-order chi connectivity index (χ1) is 16.2. The second kappa shape index (κ2) is 10.6.